The molecule has 0 saturated carbocycles. The van der Waals surface area contributed by atoms with E-state index < -0.39 is 0 Å². The Kier molecular flexibility index (Phi) is 8.40. The Morgan fingerprint density at radius 3 is 2.52 bits per heavy atom. The molecule has 4 heteroatoms. The van der Waals surface area contributed by atoms with Crippen LogP contribution >= 0.6 is 12.4 Å². The van der Waals surface area contributed by atoms with Crippen LogP contribution < -0.4 is 5.32 Å². The van der Waals surface area contributed by atoms with E-state index in [1.54, 1.807) is 0 Å². The minimum atomic E-state index is 0. The van der Waals surface area contributed by atoms with Gasteiger partial charge in [-0.25, -0.2) is 0 Å². The van der Waals surface area contributed by atoms with E-state index in [2.05, 4.69) is 24.4 Å². The van der Waals surface area contributed by atoms with Crippen LogP contribution in [0.4, 0.5) is 0 Å². The monoisotopic (exact) mass is 310 g/mol. The van der Waals surface area contributed by atoms with Crippen LogP contribution in [-0.2, 0) is 11.2 Å². The van der Waals surface area contributed by atoms with Gasteiger partial charge >= 0.3 is 0 Å². The largest absolute Gasteiger partial charge is 0.343 e. The SMILES string of the molecule is CCNCC1CCN(C(=O)CCc2ccccc2)CC1.Cl. The lowest BCUT2D eigenvalue weighted by molar-refractivity contribution is -0.132. The van der Waals surface area contributed by atoms with Gasteiger partial charge in [-0.05, 0) is 43.8 Å². The number of aryl methyl sites for hydroxylation is 1. The molecule has 1 aliphatic heterocycles. The molecule has 1 heterocycles. The summed E-state index contributed by atoms with van der Waals surface area (Å²) in [5.41, 5.74) is 1.25. The molecule has 1 aromatic rings. The Morgan fingerprint density at radius 2 is 1.90 bits per heavy atom. The fourth-order valence-corrected chi connectivity index (χ4v) is 2.79. The summed E-state index contributed by atoms with van der Waals surface area (Å²) in [5, 5.41) is 3.41. The highest BCUT2D eigenvalue weighted by Gasteiger charge is 2.21. The van der Waals surface area contributed by atoms with Crippen molar-refractivity contribution in [3.05, 3.63) is 35.9 Å². The van der Waals surface area contributed by atoms with Crippen LogP contribution in [0.15, 0.2) is 30.3 Å². The van der Waals surface area contributed by atoms with Gasteiger partial charge < -0.3 is 10.2 Å². The summed E-state index contributed by atoms with van der Waals surface area (Å²) in [6.07, 6.45) is 3.78. The van der Waals surface area contributed by atoms with Crippen molar-refractivity contribution in [1.29, 1.82) is 0 Å². The quantitative estimate of drug-likeness (QED) is 0.876. The average Bonchev–Trinajstić information content (AvgIpc) is 2.52. The van der Waals surface area contributed by atoms with E-state index in [1.165, 1.54) is 5.56 Å². The second kappa shape index (κ2) is 9.80. The van der Waals surface area contributed by atoms with Crippen molar-refractivity contribution < 1.29 is 4.79 Å². The van der Waals surface area contributed by atoms with Crippen LogP contribution in [0.2, 0.25) is 0 Å². The molecule has 1 aliphatic rings. The Bertz CT molecular complexity index is 403. The number of carbonyl (C=O) groups is 1. The van der Waals surface area contributed by atoms with Gasteiger partial charge in [0.05, 0.1) is 0 Å². The summed E-state index contributed by atoms with van der Waals surface area (Å²) in [6.45, 7) is 6.15. The number of rotatable bonds is 6. The van der Waals surface area contributed by atoms with Gasteiger partial charge in [0.15, 0.2) is 0 Å². The molecule has 21 heavy (non-hydrogen) atoms. The molecule has 0 atom stereocenters. The number of hydrogen-bond acceptors (Lipinski definition) is 2. The summed E-state index contributed by atoms with van der Waals surface area (Å²) in [4.78, 5) is 14.2. The molecular weight excluding hydrogens is 284 g/mol. The zero-order chi connectivity index (χ0) is 14.2. The number of carbonyl (C=O) groups excluding carboxylic acids is 1. The zero-order valence-electron chi connectivity index (χ0n) is 12.9. The van der Waals surface area contributed by atoms with Crippen molar-refractivity contribution in [2.45, 2.75) is 32.6 Å². The van der Waals surface area contributed by atoms with Gasteiger partial charge in [-0.2, -0.15) is 0 Å². The minimum Gasteiger partial charge on any atom is -0.343 e. The number of nitrogens with zero attached hydrogens (tertiary/aromatic N) is 1. The average molecular weight is 311 g/mol. The molecule has 0 radical (unpaired) electrons. The maximum Gasteiger partial charge on any atom is 0.222 e. The van der Waals surface area contributed by atoms with Crippen molar-refractivity contribution in [2.75, 3.05) is 26.2 Å². The number of piperidine rings is 1. The molecular formula is C17H27ClN2O. The molecule has 0 spiro atoms. The van der Waals surface area contributed by atoms with Gasteiger partial charge in [0.1, 0.15) is 0 Å². The summed E-state index contributed by atoms with van der Waals surface area (Å²) in [7, 11) is 0. The standard InChI is InChI=1S/C17H26N2O.ClH/c1-2-18-14-16-10-12-19(13-11-16)17(20)9-8-15-6-4-3-5-7-15;/h3-7,16,18H,2,8-14H2,1H3;1H. The maximum atomic E-state index is 12.2. The van der Waals surface area contributed by atoms with Crippen molar-refractivity contribution >= 4 is 18.3 Å². The summed E-state index contributed by atoms with van der Waals surface area (Å²) in [6, 6.07) is 10.3. The zero-order valence-corrected chi connectivity index (χ0v) is 13.7. The molecule has 0 aliphatic carbocycles. The number of hydrogen-bond donors (Lipinski definition) is 1. The highest BCUT2D eigenvalue weighted by molar-refractivity contribution is 5.85. The summed E-state index contributed by atoms with van der Waals surface area (Å²) in [5.74, 6) is 1.06. The van der Waals surface area contributed by atoms with Crippen molar-refractivity contribution in [2.24, 2.45) is 5.92 Å². The maximum absolute atomic E-state index is 12.2. The van der Waals surface area contributed by atoms with Crippen LogP contribution in [0.5, 0.6) is 0 Å². The molecule has 1 N–H and O–H groups in total. The number of amides is 1. The summed E-state index contributed by atoms with van der Waals surface area (Å²) >= 11 is 0. The lowest BCUT2D eigenvalue weighted by Gasteiger charge is -2.32. The van der Waals surface area contributed by atoms with Gasteiger partial charge in [-0.15, -0.1) is 12.4 Å². The topological polar surface area (TPSA) is 32.3 Å². The van der Waals surface area contributed by atoms with Crippen LogP contribution in [0.3, 0.4) is 0 Å². The van der Waals surface area contributed by atoms with E-state index >= 15 is 0 Å². The van der Waals surface area contributed by atoms with Gasteiger partial charge in [-0.3, -0.25) is 4.79 Å². The molecule has 1 saturated heterocycles. The summed E-state index contributed by atoms with van der Waals surface area (Å²) < 4.78 is 0. The predicted molar refractivity (Wildman–Crippen MR) is 89.9 cm³/mol. The first-order chi connectivity index (χ1) is 9.79. The molecule has 1 fully saturated rings. The van der Waals surface area contributed by atoms with Gasteiger partial charge in [0, 0.05) is 19.5 Å². The van der Waals surface area contributed by atoms with Crippen LogP contribution in [-0.4, -0.2) is 37.0 Å². The molecule has 0 unspecified atom stereocenters. The molecule has 1 amide bonds. The molecule has 0 bridgehead atoms. The van der Waals surface area contributed by atoms with Gasteiger partial charge in [0.25, 0.3) is 0 Å². The molecule has 1 aromatic carbocycles. The first kappa shape index (κ1) is 18.0. The second-order valence-corrected chi connectivity index (χ2v) is 5.62. The van der Waals surface area contributed by atoms with E-state index in [0.717, 1.165) is 51.4 Å². The third-order valence-electron chi connectivity index (χ3n) is 4.12. The smallest absolute Gasteiger partial charge is 0.222 e. The van der Waals surface area contributed by atoms with E-state index in [9.17, 15) is 4.79 Å². The van der Waals surface area contributed by atoms with Crippen molar-refractivity contribution in [1.82, 2.24) is 10.2 Å². The Morgan fingerprint density at radius 1 is 1.24 bits per heavy atom. The third-order valence-corrected chi connectivity index (χ3v) is 4.12. The Balaban J connectivity index is 0.00000220. The van der Waals surface area contributed by atoms with Gasteiger partial charge in [-0.1, -0.05) is 37.3 Å². The van der Waals surface area contributed by atoms with E-state index in [0.29, 0.717) is 12.3 Å². The fraction of sp³-hybridized carbons (Fsp3) is 0.588. The third kappa shape index (κ3) is 6.06. The number of halogens is 1. The fourth-order valence-electron chi connectivity index (χ4n) is 2.79. The van der Waals surface area contributed by atoms with Crippen molar-refractivity contribution in [3.8, 4) is 0 Å². The first-order valence-corrected chi connectivity index (χ1v) is 7.82. The molecule has 0 aromatic heterocycles. The predicted octanol–water partition coefficient (Wildman–Crippen LogP) is 2.89. The number of benzene rings is 1. The normalized spacial score (nSPS) is 15.6. The van der Waals surface area contributed by atoms with Crippen LogP contribution in [0, 0.1) is 5.92 Å². The van der Waals surface area contributed by atoms with Crippen LogP contribution in [0.25, 0.3) is 0 Å². The van der Waals surface area contributed by atoms with Crippen LogP contribution in [0.1, 0.15) is 31.7 Å². The first-order valence-electron chi connectivity index (χ1n) is 7.82. The Hall–Kier alpha value is -1.06. The Labute approximate surface area is 134 Å². The molecule has 118 valence electrons. The lowest BCUT2D eigenvalue weighted by atomic mass is 9.96. The van der Waals surface area contributed by atoms with Gasteiger partial charge in [0.2, 0.25) is 5.91 Å². The molecule has 2 rings (SSSR count). The van der Waals surface area contributed by atoms with E-state index in [-0.39, 0.29) is 12.4 Å². The lowest BCUT2D eigenvalue weighted by Crippen LogP contribution is -2.40. The highest BCUT2D eigenvalue weighted by Crippen LogP contribution is 2.17. The van der Waals surface area contributed by atoms with E-state index in [1.807, 2.05) is 23.1 Å². The minimum absolute atomic E-state index is 0. The van der Waals surface area contributed by atoms with Crippen molar-refractivity contribution in [3.63, 3.8) is 0 Å². The number of likely N-dealkylation sites (tertiary alicyclic amines) is 1. The second-order valence-electron chi connectivity index (χ2n) is 5.62. The number of nitrogens with one attached hydrogen (secondary N) is 1. The molecule has 3 nitrogen and oxygen atoms in total. The highest BCUT2D eigenvalue weighted by atomic mass is 35.5. The van der Waals surface area contributed by atoms with E-state index in [4.69, 9.17) is 0 Å².